The molecule has 1 saturated heterocycles. The second-order valence-corrected chi connectivity index (χ2v) is 3.67. The number of nitrogens with zero attached hydrogens (tertiary/aromatic N) is 3. The van der Waals surface area contributed by atoms with E-state index in [9.17, 15) is 0 Å². The van der Waals surface area contributed by atoms with Crippen LogP contribution in [0.3, 0.4) is 0 Å². The molecule has 0 unspecified atom stereocenters. The topological polar surface area (TPSA) is 49.2 Å². The van der Waals surface area contributed by atoms with Crippen LogP contribution >= 0.6 is 0 Å². The number of aliphatic hydroxyl groups is 1. The molecule has 0 bridgehead atoms. The van der Waals surface area contributed by atoms with E-state index >= 15 is 0 Å². The fourth-order valence-electron chi connectivity index (χ4n) is 1.62. The summed E-state index contributed by atoms with van der Waals surface area (Å²) in [5.74, 6) is 1.41. The summed E-state index contributed by atoms with van der Waals surface area (Å²) in [4.78, 5) is 10.5. The molecule has 0 aliphatic carbocycles. The van der Waals surface area contributed by atoms with Gasteiger partial charge in [0.25, 0.3) is 0 Å². The van der Waals surface area contributed by atoms with E-state index < -0.39 is 0 Å². The summed E-state index contributed by atoms with van der Waals surface area (Å²) in [6.07, 6.45) is 2.55. The Morgan fingerprint density at radius 3 is 2.93 bits per heavy atom. The quantitative estimate of drug-likeness (QED) is 0.758. The second-order valence-electron chi connectivity index (χ2n) is 3.67. The van der Waals surface area contributed by atoms with Crippen molar-refractivity contribution in [3.63, 3.8) is 0 Å². The molecular weight excluding hydrogens is 178 g/mol. The van der Waals surface area contributed by atoms with E-state index in [0.717, 1.165) is 31.0 Å². The molecule has 0 atom stereocenters. The van der Waals surface area contributed by atoms with Crippen molar-refractivity contribution in [3.8, 4) is 0 Å². The molecule has 1 aliphatic heterocycles. The summed E-state index contributed by atoms with van der Waals surface area (Å²) >= 11 is 0. The number of aryl methyl sites for hydroxylation is 1. The van der Waals surface area contributed by atoms with Gasteiger partial charge in [-0.15, -0.1) is 0 Å². The maximum atomic E-state index is 8.89. The number of hydrogen-bond acceptors (Lipinski definition) is 4. The van der Waals surface area contributed by atoms with Crippen LogP contribution in [0.1, 0.15) is 12.6 Å². The van der Waals surface area contributed by atoms with E-state index in [4.69, 9.17) is 5.11 Å². The van der Waals surface area contributed by atoms with E-state index in [-0.39, 0.29) is 6.61 Å². The molecule has 0 spiro atoms. The lowest BCUT2D eigenvalue weighted by Gasteiger charge is -2.39. The van der Waals surface area contributed by atoms with Crippen LogP contribution in [-0.4, -0.2) is 34.8 Å². The summed E-state index contributed by atoms with van der Waals surface area (Å²) in [5.41, 5.74) is 1.07. The van der Waals surface area contributed by atoms with Crippen molar-refractivity contribution in [1.82, 2.24) is 9.97 Å². The van der Waals surface area contributed by atoms with Crippen LogP contribution in [0.5, 0.6) is 0 Å². The Bertz CT molecular complexity index is 310. The van der Waals surface area contributed by atoms with Crippen LogP contribution in [0.4, 0.5) is 5.82 Å². The first-order valence-electron chi connectivity index (χ1n) is 5.00. The highest BCUT2D eigenvalue weighted by Crippen LogP contribution is 2.22. The average Bonchev–Trinajstić information content (AvgIpc) is 2.17. The molecule has 76 valence electrons. The van der Waals surface area contributed by atoms with Gasteiger partial charge in [0, 0.05) is 37.4 Å². The number of rotatable bonds is 3. The van der Waals surface area contributed by atoms with Crippen molar-refractivity contribution in [2.24, 2.45) is 5.92 Å². The molecule has 1 fully saturated rings. The molecule has 1 N–H and O–H groups in total. The highest BCUT2D eigenvalue weighted by molar-refractivity contribution is 5.41. The molecule has 0 amide bonds. The van der Waals surface area contributed by atoms with Crippen LogP contribution in [0, 0.1) is 5.92 Å². The molecule has 0 aromatic carbocycles. The van der Waals surface area contributed by atoms with E-state index in [1.165, 1.54) is 0 Å². The first-order valence-corrected chi connectivity index (χ1v) is 5.00. The van der Waals surface area contributed by atoms with Gasteiger partial charge in [0.2, 0.25) is 0 Å². The van der Waals surface area contributed by atoms with Gasteiger partial charge in [-0.25, -0.2) is 9.97 Å². The Hall–Kier alpha value is -1.16. The van der Waals surface area contributed by atoms with Crippen molar-refractivity contribution < 1.29 is 5.11 Å². The monoisotopic (exact) mass is 193 g/mol. The minimum atomic E-state index is 0.280. The molecule has 0 radical (unpaired) electrons. The van der Waals surface area contributed by atoms with E-state index in [1.807, 2.05) is 6.07 Å². The largest absolute Gasteiger partial charge is 0.396 e. The number of aromatic nitrogens is 2. The third-order valence-electron chi connectivity index (χ3n) is 2.61. The molecule has 1 aromatic heterocycles. The van der Waals surface area contributed by atoms with Gasteiger partial charge >= 0.3 is 0 Å². The van der Waals surface area contributed by atoms with Crippen LogP contribution in [0.25, 0.3) is 0 Å². The SMILES string of the molecule is CCc1cc(N2CC(CO)C2)ncn1. The Labute approximate surface area is 83.6 Å². The fourth-order valence-corrected chi connectivity index (χ4v) is 1.62. The second kappa shape index (κ2) is 3.92. The van der Waals surface area contributed by atoms with Gasteiger partial charge in [0.1, 0.15) is 12.1 Å². The Kier molecular flexibility index (Phi) is 2.63. The van der Waals surface area contributed by atoms with E-state index in [2.05, 4.69) is 21.8 Å². The van der Waals surface area contributed by atoms with E-state index in [0.29, 0.717) is 5.92 Å². The van der Waals surface area contributed by atoms with Gasteiger partial charge in [0.15, 0.2) is 0 Å². The molecule has 1 aliphatic rings. The van der Waals surface area contributed by atoms with Gasteiger partial charge in [-0.05, 0) is 6.42 Å². The first kappa shape index (κ1) is 9.40. The summed E-state index contributed by atoms with van der Waals surface area (Å²) in [6.45, 7) is 4.19. The van der Waals surface area contributed by atoms with Gasteiger partial charge in [-0.3, -0.25) is 0 Å². The molecule has 4 heteroatoms. The predicted octanol–water partition coefficient (Wildman–Crippen LogP) is 0.468. The lowest BCUT2D eigenvalue weighted by molar-refractivity contribution is 0.200. The fraction of sp³-hybridized carbons (Fsp3) is 0.600. The molecular formula is C10H15N3O. The molecule has 14 heavy (non-hydrogen) atoms. The van der Waals surface area contributed by atoms with Crippen molar-refractivity contribution in [3.05, 3.63) is 18.1 Å². The summed E-state index contributed by atoms with van der Waals surface area (Å²) < 4.78 is 0. The Balaban J connectivity index is 2.03. The minimum absolute atomic E-state index is 0.280. The third-order valence-corrected chi connectivity index (χ3v) is 2.61. The molecule has 2 heterocycles. The highest BCUT2D eigenvalue weighted by Gasteiger charge is 2.26. The average molecular weight is 193 g/mol. The zero-order valence-corrected chi connectivity index (χ0v) is 8.35. The normalized spacial score (nSPS) is 16.9. The molecule has 1 aromatic rings. The van der Waals surface area contributed by atoms with Crippen molar-refractivity contribution >= 4 is 5.82 Å². The highest BCUT2D eigenvalue weighted by atomic mass is 16.3. The van der Waals surface area contributed by atoms with E-state index in [1.54, 1.807) is 6.33 Å². The summed E-state index contributed by atoms with van der Waals surface area (Å²) in [6, 6.07) is 2.02. The van der Waals surface area contributed by atoms with Gasteiger partial charge in [-0.1, -0.05) is 6.92 Å². The van der Waals surface area contributed by atoms with Crippen LogP contribution < -0.4 is 4.90 Å². The maximum Gasteiger partial charge on any atom is 0.132 e. The third kappa shape index (κ3) is 1.70. The van der Waals surface area contributed by atoms with Gasteiger partial charge in [-0.2, -0.15) is 0 Å². The molecule has 0 saturated carbocycles. The van der Waals surface area contributed by atoms with Crippen molar-refractivity contribution in [2.45, 2.75) is 13.3 Å². The van der Waals surface area contributed by atoms with Crippen LogP contribution in [0.2, 0.25) is 0 Å². The Morgan fingerprint density at radius 1 is 1.50 bits per heavy atom. The summed E-state index contributed by atoms with van der Waals surface area (Å²) in [5, 5.41) is 8.89. The van der Waals surface area contributed by atoms with Crippen LogP contribution in [0.15, 0.2) is 12.4 Å². The van der Waals surface area contributed by atoms with Crippen LogP contribution in [-0.2, 0) is 6.42 Å². The predicted molar refractivity (Wildman–Crippen MR) is 54.2 cm³/mol. The zero-order valence-electron chi connectivity index (χ0n) is 8.35. The number of hydrogen-bond donors (Lipinski definition) is 1. The molecule has 2 rings (SSSR count). The molecule has 4 nitrogen and oxygen atoms in total. The maximum absolute atomic E-state index is 8.89. The zero-order chi connectivity index (χ0) is 9.97. The standard InChI is InChI=1S/C10H15N3O/c1-2-9-3-10(12-7-11-9)13-4-8(5-13)6-14/h3,7-8,14H,2,4-6H2,1H3. The van der Waals surface area contributed by atoms with Gasteiger partial charge in [0.05, 0.1) is 0 Å². The number of aliphatic hydroxyl groups excluding tert-OH is 1. The smallest absolute Gasteiger partial charge is 0.132 e. The van der Waals surface area contributed by atoms with Gasteiger partial charge < -0.3 is 10.0 Å². The summed E-state index contributed by atoms with van der Waals surface area (Å²) in [7, 11) is 0. The number of anilines is 1. The minimum Gasteiger partial charge on any atom is -0.396 e. The van der Waals surface area contributed by atoms with Crippen molar-refractivity contribution in [2.75, 3.05) is 24.6 Å². The van der Waals surface area contributed by atoms with Crippen molar-refractivity contribution in [1.29, 1.82) is 0 Å². The lowest BCUT2D eigenvalue weighted by Crippen LogP contribution is -2.48. The lowest BCUT2D eigenvalue weighted by atomic mass is 10.0. The Morgan fingerprint density at radius 2 is 2.29 bits per heavy atom. The first-order chi connectivity index (χ1) is 6.83.